The van der Waals surface area contributed by atoms with E-state index in [2.05, 4.69) is 27.9 Å². The third-order valence-corrected chi connectivity index (χ3v) is 5.91. The highest BCUT2D eigenvalue weighted by Gasteiger charge is 2.67. The third-order valence-electron chi connectivity index (χ3n) is 5.15. The molecule has 3 aliphatic carbocycles. The molecular formula is C14H22INO. The average Bonchev–Trinajstić information content (AvgIpc) is 2.78. The largest absolute Gasteiger partial charge is 0.356 e. The molecule has 0 saturated heterocycles. The number of carbonyl (C=O) groups excluding carboxylic acids is 1. The van der Waals surface area contributed by atoms with Crippen LogP contribution in [0.4, 0.5) is 0 Å². The Balaban J connectivity index is 1.38. The minimum atomic E-state index is 0.381. The second kappa shape index (κ2) is 5.06. The lowest BCUT2D eigenvalue weighted by Crippen LogP contribution is -2.28. The lowest BCUT2D eigenvalue weighted by Gasteiger charge is -2.09. The van der Waals surface area contributed by atoms with E-state index < -0.39 is 0 Å². The van der Waals surface area contributed by atoms with Gasteiger partial charge in [0.15, 0.2) is 0 Å². The van der Waals surface area contributed by atoms with Gasteiger partial charge in [0.05, 0.1) is 0 Å². The summed E-state index contributed by atoms with van der Waals surface area (Å²) in [4.78, 5) is 12.1. The first-order valence-electron chi connectivity index (χ1n) is 7.16. The zero-order valence-corrected chi connectivity index (χ0v) is 12.5. The summed E-state index contributed by atoms with van der Waals surface area (Å²) < 4.78 is 1.24. The van der Waals surface area contributed by atoms with Gasteiger partial charge in [0.25, 0.3) is 0 Å². The minimum absolute atomic E-state index is 0.381. The zero-order valence-electron chi connectivity index (χ0n) is 10.3. The van der Waals surface area contributed by atoms with Crippen LogP contribution in [-0.2, 0) is 4.79 Å². The van der Waals surface area contributed by atoms with Gasteiger partial charge in [-0.05, 0) is 60.2 Å². The van der Waals surface area contributed by atoms with Gasteiger partial charge in [0, 0.05) is 12.5 Å². The molecule has 3 saturated carbocycles. The van der Waals surface area contributed by atoms with Crippen molar-refractivity contribution >= 4 is 28.5 Å². The summed E-state index contributed by atoms with van der Waals surface area (Å²) >= 11 is 2.42. The number of alkyl halides is 1. The van der Waals surface area contributed by atoms with Gasteiger partial charge in [0.1, 0.15) is 0 Å². The Kier molecular flexibility index (Phi) is 3.64. The van der Waals surface area contributed by atoms with E-state index in [1.165, 1.54) is 36.5 Å². The van der Waals surface area contributed by atoms with E-state index in [1.54, 1.807) is 0 Å². The topological polar surface area (TPSA) is 29.1 Å². The van der Waals surface area contributed by atoms with Gasteiger partial charge in [-0.15, -0.1) is 0 Å². The van der Waals surface area contributed by atoms with Gasteiger partial charge < -0.3 is 5.32 Å². The number of halogens is 1. The van der Waals surface area contributed by atoms with Crippen molar-refractivity contribution in [2.24, 2.45) is 29.6 Å². The Morgan fingerprint density at radius 2 is 1.82 bits per heavy atom. The molecule has 0 spiro atoms. The van der Waals surface area contributed by atoms with E-state index >= 15 is 0 Å². The SMILES string of the molecule is O=C(NCCCCCI)C1C2C3CCC(C3)C12. The van der Waals surface area contributed by atoms with Gasteiger partial charge >= 0.3 is 0 Å². The molecule has 1 N–H and O–H groups in total. The van der Waals surface area contributed by atoms with Gasteiger partial charge in [-0.2, -0.15) is 0 Å². The molecule has 0 radical (unpaired) electrons. The number of unbranched alkanes of at least 4 members (excludes halogenated alkanes) is 2. The first-order chi connectivity index (χ1) is 8.33. The Morgan fingerprint density at radius 1 is 1.12 bits per heavy atom. The Hall–Kier alpha value is 0.200. The van der Waals surface area contributed by atoms with Crippen LogP contribution in [0.25, 0.3) is 0 Å². The molecule has 0 aromatic carbocycles. The molecule has 0 aliphatic heterocycles. The van der Waals surface area contributed by atoms with E-state index in [9.17, 15) is 4.79 Å². The number of carbonyl (C=O) groups is 1. The molecule has 3 aliphatic rings. The third kappa shape index (κ3) is 2.24. The van der Waals surface area contributed by atoms with Gasteiger partial charge in [-0.3, -0.25) is 4.79 Å². The van der Waals surface area contributed by atoms with Crippen LogP contribution in [0.5, 0.6) is 0 Å². The Morgan fingerprint density at radius 3 is 2.47 bits per heavy atom. The molecule has 3 heteroatoms. The molecule has 4 atom stereocenters. The van der Waals surface area contributed by atoms with E-state index in [-0.39, 0.29) is 0 Å². The molecule has 3 fully saturated rings. The van der Waals surface area contributed by atoms with E-state index in [0.717, 1.165) is 36.6 Å². The molecule has 0 heterocycles. The smallest absolute Gasteiger partial charge is 0.223 e. The van der Waals surface area contributed by atoms with Crippen LogP contribution in [0, 0.1) is 29.6 Å². The van der Waals surface area contributed by atoms with Crippen LogP contribution in [0.3, 0.4) is 0 Å². The Labute approximate surface area is 117 Å². The number of nitrogens with one attached hydrogen (secondary N) is 1. The van der Waals surface area contributed by atoms with E-state index in [1.807, 2.05) is 0 Å². The lowest BCUT2D eigenvalue weighted by molar-refractivity contribution is -0.123. The second-order valence-electron chi connectivity index (χ2n) is 6.05. The predicted molar refractivity (Wildman–Crippen MR) is 77.0 cm³/mol. The fourth-order valence-corrected chi connectivity index (χ4v) is 4.94. The summed E-state index contributed by atoms with van der Waals surface area (Å²) in [6.07, 6.45) is 7.95. The maximum Gasteiger partial charge on any atom is 0.223 e. The summed E-state index contributed by atoms with van der Waals surface area (Å²) in [7, 11) is 0. The standard InChI is InChI=1S/C14H22INO/c15-6-2-1-3-7-16-14(17)13-11-9-4-5-10(8-9)12(11)13/h9-13H,1-8H2,(H,16,17). The van der Waals surface area contributed by atoms with E-state index in [0.29, 0.717) is 11.8 Å². The average molecular weight is 347 g/mol. The lowest BCUT2D eigenvalue weighted by atomic mass is 10.0. The maximum absolute atomic E-state index is 12.1. The summed E-state index contributed by atoms with van der Waals surface area (Å²) in [6, 6.07) is 0. The first kappa shape index (κ1) is 12.2. The van der Waals surface area contributed by atoms with Gasteiger partial charge in [-0.25, -0.2) is 0 Å². The maximum atomic E-state index is 12.1. The number of fused-ring (bicyclic) bond motifs is 5. The number of hydrogen-bond acceptors (Lipinski definition) is 1. The van der Waals surface area contributed by atoms with Crippen LogP contribution in [0.1, 0.15) is 38.5 Å². The molecule has 2 bridgehead atoms. The molecule has 0 aromatic heterocycles. The minimum Gasteiger partial charge on any atom is -0.356 e. The fourth-order valence-electron chi connectivity index (χ4n) is 4.40. The van der Waals surface area contributed by atoms with Crippen molar-refractivity contribution in [3.05, 3.63) is 0 Å². The number of amides is 1. The van der Waals surface area contributed by atoms with E-state index in [4.69, 9.17) is 0 Å². The number of hydrogen-bond donors (Lipinski definition) is 1. The summed E-state index contributed by atoms with van der Waals surface area (Å²) in [5.41, 5.74) is 0. The summed E-state index contributed by atoms with van der Waals surface area (Å²) in [6.45, 7) is 0.904. The van der Waals surface area contributed by atoms with Crippen molar-refractivity contribution in [2.75, 3.05) is 11.0 Å². The molecule has 2 nitrogen and oxygen atoms in total. The molecule has 96 valence electrons. The summed E-state index contributed by atoms with van der Waals surface area (Å²) in [5, 5.41) is 3.16. The highest BCUT2D eigenvalue weighted by atomic mass is 127. The molecule has 4 unspecified atom stereocenters. The normalized spacial score (nSPS) is 41.4. The van der Waals surface area contributed by atoms with Crippen molar-refractivity contribution in [1.82, 2.24) is 5.32 Å². The van der Waals surface area contributed by atoms with Gasteiger partial charge in [0.2, 0.25) is 5.91 Å². The number of rotatable bonds is 6. The zero-order chi connectivity index (χ0) is 11.8. The molecular weight excluding hydrogens is 325 g/mol. The van der Waals surface area contributed by atoms with Crippen molar-refractivity contribution < 1.29 is 4.79 Å². The highest BCUT2D eigenvalue weighted by molar-refractivity contribution is 14.1. The van der Waals surface area contributed by atoms with Crippen LogP contribution in [0.15, 0.2) is 0 Å². The van der Waals surface area contributed by atoms with Crippen LogP contribution >= 0.6 is 22.6 Å². The van der Waals surface area contributed by atoms with Crippen LogP contribution < -0.4 is 5.32 Å². The van der Waals surface area contributed by atoms with Crippen molar-refractivity contribution in [3.8, 4) is 0 Å². The van der Waals surface area contributed by atoms with Gasteiger partial charge in [-0.1, -0.05) is 29.0 Å². The van der Waals surface area contributed by atoms with Crippen LogP contribution in [0.2, 0.25) is 0 Å². The molecule has 3 rings (SSSR count). The molecule has 17 heavy (non-hydrogen) atoms. The second-order valence-corrected chi connectivity index (χ2v) is 7.13. The van der Waals surface area contributed by atoms with Crippen molar-refractivity contribution in [1.29, 1.82) is 0 Å². The molecule has 1 amide bonds. The summed E-state index contributed by atoms with van der Waals surface area (Å²) in [5.74, 6) is 4.22. The quantitative estimate of drug-likeness (QED) is 0.447. The van der Waals surface area contributed by atoms with Crippen molar-refractivity contribution in [3.63, 3.8) is 0 Å². The molecule has 0 aromatic rings. The van der Waals surface area contributed by atoms with Crippen molar-refractivity contribution in [2.45, 2.75) is 38.5 Å². The fraction of sp³-hybridized carbons (Fsp3) is 0.929. The monoisotopic (exact) mass is 347 g/mol. The van der Waals surface area contributed by atoms with Crippen LogP contribution in [-0.4, -0.2) is 16.9 Å². The first-order valence-corrected chi connectivity index (χ1v) is 8.69. The Bertz CT molecular complexity index is 291. The predicted octanol–water partition coefficient (Wildman–Crippen LogP) is 3.00. The highest BCUT2D eigenvalue weighted by Crippen LogP contribution is 2.69.